The van der Waals surface area contributed by atoms with Crippen LogP contribution in [0.2, 0.25) is 0 Å². The Morgan fingerprint density at radius 1 is 0.882 bits per heavy atom. The predicted octanol–water partition coefficient (Wildman–Crippen LogP) is 5.91. The third kappa shape index (κ3) is 8.63. The Hall–Kier alpha value is -3.19. The second-order valence-electron chi connectivity index (χ2n) is 8.10. The molecule has 0 bridgehead atoms. The van der Waals surface area contributed by atoms with E-state index in [9.17, 15) is 9.59 Å². The number of aryl methyl sites for hydroxylation is 3. The molecular weight excluding hydrogens is 450 g/mol. The summed E-state index contributed by atoms with van der Waals surface area (Å²) in [6.07, 6.45) is 5.62. The number of carboxylic acid groups (broad SMARTS) is 1. The maximum Gasteiger partial charge on any atom is 0.303 e. The molecule has 180 valence electrons. The standard InChI is InChI=1S/C27H31NO5S/c1-20-25(12-8-13-26(30)31)34-27(28-20)24(29)19-33-23-16-14-22(15-17-23)32-18-7-3-6-11-21-9-4-2-5-10-21/h2,4-5,9-10,14-17H,3,6-8,11-13,18-19H2,1H3,(H,30,31). The highest BCUT2D eigenvalue weighted by Gasteiger charge is 2.15. The molecule has 1 heterocycles. The Morgan fingerprint density at radius 3 is 2.29 bits per heavy atom. The summed E-state index contributed by atoms with van der Waals surface area (Å²) in [5.41, 5.74) is 2.15. The normalized spacial score (nSPS) is 10.7. The summed E-state index contributed by atoms with van der Waals surface area (Å²) < 4.78 is 11.4. The quantitative estimate of drug-likeness (QED) is 0.214. The van der Waals surface area contributed by atoms with Crippen LogP contribution < -0.4 is 9.47 Å². The van der Waals surface area contributed by atoms with Gasteiger partial charge in [0.05, 0.1) is 12.3 Å². The molecule has 0 radical (unpaired) electrons. The first-order chi connectivity index (χ1) is 16.5. The maximum absolute atomic E-state index is 12.5. The van der Waals surface area contributed by atoms with Crippen LogP contribution in [-0.2, 0) is 17.6 Å². The molecule has 1 aromatic heterocycles. The van der Waals surface area contributed by atoms with Crippen LogP contribution in [0.1, 0.15) is 58.0 Å². The van der Waals surface area contributed by atoms with E-state index in [-0.39, 0.29) is 18.8 Å². The van der Waals surface area contributed by atoms with E-state index in [0.29, 0.717) is 30.2 Å². The van der Waals surface area contributed by atoms with Crippen molar-refractivity contribution in [1.82, 2.24) is 4.98 Å². The summed E-state index contributed by atoms with van der Waals surface area (Å²) in [5, 5.41) is 9.17. The lowest BCUT2D eigenvalue weighted by Gasteiger charge is -2.08. The number of rotatable bonds is 15. The van der Waals surface area contributed by atoms with Gasteiger partial charge >= 0.3 is 5.97 Å². The summed E-state index contributed by atoms with van der Waals surface area (Å²) in [6, 6.07) is 17.8. The van der Waals surface area contributed by atoms with E-state index < -0.39 is 5.97 Å². The Labute approximate surface area is 204 Å². The molecule has 0 amide bonds. The Bertz CT molecular complexity index is 1050. The number of carboxylic acids is 1. The van der Waals surface area contributed by atoms with Crippen molar-refractivity contribution in [1.29, 1.82) is 0 Å². The lowest BCUT2D eigenvalue weighted by molar-refractivity contribution is -0.137. The smallest absolute Gasteiger partial charge is 0.303 e. The molecule has 2 aromatic carbocycles. The number of thiazole rings is 1. The minimum Gasteiger partial charge on any atom is -0.494 e. The number of ketones is 1. The van der Waals surface area contributed by atoms with Crippen LogP contribution in [0.5, 0.6) is 11.5 Å². The molecule has 3 aromatic rings. The highest BCUT2D eigenvalue weighted by atomic mass is 32.1. The molecular formula is C27H31NO5S. The summed E-state index contributed by atoms with van der Waals surface area (Å²) in [4.78, 5) is 28.4. The summed E-state index contributed by atoms with van der Waals surface area (Å²) >= 11 is 1.32. The number of hydrogen-bond donors (Lipinski definition) is 1. The van der Waals surface area contributed by atoms with Gasteiger partial charge in [0.25, 0.3) is 0 Å². The first-order valence-electron chi connectivity index (χ1n) is 11.6. The van der Waals surface area contributed by atoms with Gasteiger partial charge in [0.2, 0.25) is 5.78 Å². The van der Waals surface area contributed by atoms with Gasteiger partial charge < -0.3 is 14.6 Å². The van der Waals surface area contributed by atoms with Gasteiger partial charge in [-0.1, -0.05) is 30.3 Å². The molecule has 0 fully saturated rings. The highest BCUT2D eigenvalue weighted by Crippen LogP contribution is 2.22. The first kappa shape index (κ1) is 25.4. The minimum absolute atomic E-state index is 0.0941. The number of nitrogens with zero attached hydrogens (tertiary/aromatic N) is 1. The van der Waals surface area contributed by atoms with E-state index in [4.69, 9.17) is 14.6 Å². The number of unbranched alkanes of at least 4 members (excludes halogenated alkanes) is 2. The van der Waals surface area contributed by atoms with Crippen LogP contribution in [0.25, 0.3) is 0 Å². The van der Waals surface area contributed by atoms with Crippen molar-refractivity contribution in [2.24, 2.45) is 0 Å². The number of aromatic nitrogens is 1. The topological polar surface area (TPSA) is 85.7 Å². The van der Waals surface area contributed by atoms with Crippen molar-refractivity contribution in [3.63, 3.8) is 0 Å². The van der Waals surface area contributed by atoms with E-state index in [2.05, 4.69) is 29.2 Å². The Kier molecular flexibility index (Phi) is 10.1. The molecule has 0 unspecified atom stereocenters. The van der Waals surface area contributed by atoms with Crippen LogP contribution in [0.3, 0.4) is 0 Å². The van der Waals surface area contributed by atoms with E-state index in [1.54, 1.807) is 12.1 Å². The van der Waals surface area contributed by atoms with E-state index >= 15 is 0 Å². The highest BCUT2D eigenvalue weighted by molar-refractivity contribution is 7.13. The van der Waals surface area contributed by atoms with Gasteiger partial charge in [0.15, 0.2) is 11.6 Å². The summed E-state index contributed by atoms with van der Waals surface area (Å²) in [5.74, 6) is 0.373. The van der Waals surface area contributed by atoms with Gasteiger partial charge in [0.1, 0.15) is 11.5 Å². The van der Waals surface area contributed by atoms with Crippen LogP contribution in [-0.4, -0.2) is 35.1 Å². The second-order valence-corrected chi connectivity index (χ2v) is 9.19. The number of Topliss-reactive ketones (excluding diaryl/α,β-unsaturated/α-hetero) is 1. The van der Waals surface area contributed by atoms with Crippen molar-refractivity contribution >= 4 is 23.1 Å². The van der Waals surface area contributed by atoms with Crippen LogP contribution >= 0.6 is 11.3 Å². The van der Waals surface area contributed by atoms with Gasteiger partial charge in [-0.05, 0) is 75.3 Å². The fourth-order valence-electron chi connectivity index (χ4n) is 3.46. The Morgan fingerprint density at radius 2 is 1.59 bits per heavy atom. The zero-order valence-electron chi connectivity index (χ0n) is 19.5. The van der Waals surface area contributed by atoms with Gasteiger partial charge in [0, 0.05) is 11.3 Å². The second kappa shape index (κ2) is 13.5. The fraction of sp³-hybridized carbons (Fsp3) is 0.370. The Balaban J connectivity index is 1.34. The van der Waals surface area contributed by atoms with Gasteiger partial charge in [-0.15, -0.1) is 11.3 Å². The molecule has 0 saturated carbocycles. The third-order valence-electron chi connectivity index (χ3n) is 5.34. The SMILES string of the molecule is Cc1nc(C(=O)COc2ccc(OCCCCCc3ccccc3)cc2)sc1CCCC(=O)O. The largest absolute Gasteiger partial charge is 0.494 e. The molecule has 1 N–H and O–H groups in total. The van der Waals surface area contributed by atoms with Gasteiger partial charge in [-0.2, -0.15) is 0 Å². The van der Waals surface area contributed by atoms with Crippen LogP contribution in [0, 0.1) is 6.92 Å². The molecule has 34 heavy (non-hydrogen) atoms. The summed E-state index contributed by atoms with van der Waals surface area (Å²) in [7, 11) is 0. The van der Waals surface area contributed by atoms with Crippen molar-refractivity contribution in [3.8, 4) is 11.5 Å². The predicted molar refractivity (Wildman–Crippen MR) is 133 cm³/mol. The average Bonchev–Trinajstić information content (AvgIpc) is 3.21. The molecule has 0 atom stereocenters. The molecule has 0 aliphatic carbocycles. The number of carbonyl (C=O) groups excluding carboxylic acids is 1. The third-order valence-corrected chi connectivity index (χ3v) is 6.60. The van der Waals surface area contributed by atoms with Crippen LogP contribution in [0.15, 0.2) is 54.6 Å². The molecule has 0 aliphatic heterocycles. The van der Waals surface area contributed by atoms with Crippen molar-refractivity contribution in [3.05, 3.63) is 75.7 Å². The molecule has 6 nitrogen and oxygen atoms in total. The molecule has 0 spiro atoms. The summed E-state index contributed by atoms with van der Waals surface area (Å²) in [6.45, 7) is 2.42. The van der Waals surface area contributed by atoms with Gasteiger partial charge in [-0.3, -0.25) is 9.59 Å². The zero-order valence-corrected chi connectivity index (χ0v) is 20.3. The van der Waals surface area contributed by atoms with Crippen molar-refractivity contribution in [2.45, 2.75) is 51.9 Å². The minimum atomic E-state index is -0.817. The van der Waals surface area contributed by atoms with Crippen LogP contribution in [0.4, 0.5) is 0 Å². The fourth-order valence-corrected chi connectivity index (χ4v) is 4.49. The molecule has 0 aliphatic rings. The first-order valence-corrected chi connectivity index (χ1v) is 12.4. The number of aliphatic carboxylic acids is 1. The molecule has 0 saturated heterocycles. The molecule has 3 rings (SSSR count). The van der Waals surface area contributed by atoms with Gasteiger partial charge in [-0.25, -0.2) is 4.98 Å². The molecule has 7 heteroatoms. The average molecular weight is 482 g/mol. The number of carbonyl (C=O) groups is 2. The zero-order chi connectivity index (χ0) is 24.2. The lowest BCUT2D eigenvalue weighted by Crippen LogP contribution is -2.11. The van der Waals surface area contributed by atoms with Crippen molar-refractivity contribution in [2.75, 3.05) is 13.2 Å². The van der Waals surface area contributed by atoms with Crippen molar-refractivity contribution < 1.29 is 24.2 Å². The van der Waals surface area contributed by atoms with E-state index in [0.717, 1.165) is 42.0 Å². The lowest BCUT2D eigenvalue weighted by atomic mass is 10.1. The van der Waals surface area contributed by atoms with E-state index in [1.807, 2.05) is 25.1 Å². The number of hydrogen-bond acceptors (Lipinski definition) is 6. The number of ether oxygens (including phenoxy) is 2. The number of benzene rings is 2. The monoisotopic (exact) mass is 481 g/mol. The van der Waals surface area contributed by atoms with E-state index in [1.165, 1.54) is 16.9 Å². The maximum atomic E-state index is 12.5.